The number of hydroxylamine groups is 2. The number of carbonyl (C=O) groups is 1. The van der Waals surface area contributed by atoms with E-state index in [-0.39, 0.29) is 12.1 Å². The maximum Gasteiger partial charge on any atom is 0.279 e. The van der Waals surface area contributed by atoms with Gasteiger partial charge < -0.3 is 4.74 Å². The van der Waals surface area contributed by atoms with Gasteiger partial charge in [-0.1, -0.05) is 15.9 Å². The van der Waals surface area contributed by atoms with Crippen LogP contribution in [0.2, 0.25) is 0 Å². The Morgan fingerprint density at radius 1 is 1.47 bits per heavy atom. The first kappa shape index (κ1) is 12.5. The molecule has 4 nitrogen and oxygen atoms in total. The highest BCUT2D eigenvalue weighted by Gasteiger charge is 2.28. The van der Waals surface area contributed by atoms with Crippen LogP contribution in [0.3, 0.4) is 0 Å². The van der Waals surface area contributed by atoms with Gasteiger partial charge in [0.1, 0.15) is 0 Å². The van der Waals surface area contributed by atoms with E-state index in [1.807, 2.05) is 12.1 Å². The summed E-state index contributed by atoms with van der Waals surface area (Å²) in [4.78, 5) is 17.3. The van der Waals surface area contributed by atoms with Crippen LogP contribution in [0.15, 0.2) is 28.7 Å². The Hall–Kier alpha value is -0.910. The van der Waals surface area contributed by atoms with Crippen molar-refractivity contribution in [1.82, 2.24) is 5.06 Å². The highest BCUT2D eigenvalue weighted by Crippen LogP contribution is 2.20. The fourth-order valence-electron chi connectivity index (χ4n) is 1.80. The number of nitrogens with zero attached hydrogens (tertiary/aromatic N) is 1. The zero-order chi connectivity index (χ0) is 12.3. The molecule has 0 bridgehead atoms. The van der Waals surface area contributed by atoms with Crippen LogP contribution in [0.4, 0.5) is 0 Å². The quantitative estimate of drug-likeness (QED) is 0.805. The number of rotatable bonds is 3. The van der Waals surface area contributed by atoms with Crippen molar-refractivity contribution in [1.29, 1.82) is 0 Å². The third kappa shape index (κ3) is 2.86. The zero-order valence-corrected chi connectivity index (χ0v) is 11.1. The molecule has 1 aliphatic heterocycles. The van der Waals surface area contributed by atoms with Crippen LogP contribution in [0.5, 0.6) is 0 Å². The topological polar surface area (TPSA) is 38.8 Å². The van der Waals surface area contributed by atoms with Crippen molar-refractivity contribution in [2.24, 2.45) is 0 Å². The third-order valence-electron chi connectivity index (χ3n) is 2.66. The summed E-state index contributed by atoms with van der Waals surface area (Å²) in [5.41, 5.74) is 0.588. The summed E-state index contributed by atoms with van der Waals surface area (Å²) in [5.74, 6) is -0.174. The van der Waals surface area contributed by atoms with Crippen LogP contribution in [-0.2, 0) is 9.57 Å². The van der Waals surface area contributed by atoms with Crippen molar-refractivity contribution in [2.75, 3.05) is 13.7 Å². The predicted octanol–water partition coefficient (Wildman–Crippen LogP) is 2.59. The molecule has 1 heterocycles. The van der Waals surface area contributed by atoms with E-state index in [0.29, 0.717) is 12.2 Å². The van der Waals surface area contributed by atoms with Crippen LogP contribution in [-0.4, -0.2) is 30.9 Å². The molecule has 1 aromatic rings. The Kier molecular flexibility index (Phi) is 4.15. The standard InChI is InChI=1S/C12H14BrNO3/c1-16-14(11-3-2-8-17-11)12(15)9-4-6-10(13)7-5-9/h4-7,11H,2-3,8H2,1H3. The summed E-state index contributed by atoms with van der Waals surface area (Å²) < 4.78 is 6.38. The number of carbonyl (C=O) groups excluding carboxylic acids is 1. The smallest absolute Gasteiger partial charge is 0.279 e. The molecule has 1 atom stereocenters. The average Bonchev–Trinajstić information content (AvgIpc) is 2.84. The maximum atomic E-state index is 12.2. The number of amides is 1. The van der Waals surface area contributed by atoms with Crippen molar-refractivity contribution in [3.05, 3.63) is 34.3 Å². The second-order valence-corrected chi connectivity index (χ2v) is 4.70. The molecule has 0 aliphatic carbocycles. The van der Waals surface area contributed by atoms with E-state index in [1.165, 1.54) is 12.2 Å². The summed E-state index contributed by atoms with van der Waals surface area (Å²) in [5, 5.41) is 1.30. The van der Waals surface area contributed by atoms with Gasteiger partial charge in [-0.3, -0.25) is 9.63 Å². The number of hydrogen-bond acceptors (Lipinski definition) is 3. The molecule has 0 spiro atoms. The summed E-state index contributed by atoms with van der Waals surface area (Å²) >= 11 is 3.33. The van der Waals surface area contributed by atoms with E-state index in [1.54, 1.807) is 12.1 Å². The summed E-state index contributed by atoms with van der Waals surface area (Å²) in [6.45, 7) is 0.679. The molecule has 92 valence electrons. The van der Waals surface area contributed by atoms with Gasteiger partial charge in [-0.2, -0.15) is 5.06 Å². The lowest BCUT2D eigenvalue weighted by Gasteiger charge is -2.25. The van der Waals surface area contributed by atoms with Crippen molar-refractivity contribution < 1.29 is 14.4 Å². The number of halogens is 1. The molecule has 5 heteroatoms. The summed E-state index contributed by atoms with van der Waals surface area (Å²) in [6.07, 6.45) is 1.50. The van der Waals surface area contributed by atoms with Crippen molar-refractivity contribution in [3.8, 4) is 0 Å². The molecule has 1 unspecified atom stereocenters. The second-order valence-electron chi connectivity index (χ2n) is 3.79. The van der Waals surface area contributed by atoms with Gasteiger partial charge in [0.15, 0.2) is 6.23 Å². The number of ether oxygens (including phenoxy) is 1. The molecule has 1 aliphatic rings. The monoisotopic (exact) mass is 299 g/mol. The predicted molar refractivity (Wildman–Crippen MR) is 66.3 cm³/mol. The number of hydrogen-bond donors (Lipinski definition) is 0. The van der Waals surface area contributed by atoms with Gasteiger partial charge in [-0.05, 0) is 37.1 Å². The van der Waals surface area contributed by atoms with E-state index in [2.05, 4.69) is 15.9 Å². The highest BCUT2D eigenvalue weighted by molar-refractivity contribution is 9.10. The van der Waals surface area contributed by atoms with Crippen LogP contribution >= 0.6 is 15.9 Å². The lowest BCUT2D eigenvalue weighted by Crippen LogP contribution is -2.39. The molecule has 0 aromatic heterocycles. The fraction of sp³-hybridized carbons (Fsp3) is 0.417. The lowest BCUT2D eigenvalue weighted by atomic mass is 10.2. The van der Waals surface area contributed by atoms with E-state index in [4.69, 9.17) is 9.57 Å². The van der Waals surface area contributed by atoms with Gasteiger partial charge in [0, 0.05) is 16.6 Å². The Balaban J connectivity index is 2.13. The fourth-order valence-corrected chi connectivity index (χ4v) is 2.06. The Bertz CT molecular complexity index is 387. The van der Waals surface area contributed by atoms with Crippen LogP contribution < -0.4 is 0 Å². The molecule has 0 saturated carbocycles. The van der Waals surface area contributed by atoms with Gasteiger partial charge in [0.25, 0.3) is 5.91 Å². The molecule has 1 fully saturated rings. The van der Waals surface area contributed by atoms with Gasteiger partial charge >= 0.3 is 0 Å². The van der Waals surface area contributed by atoms with E-state index >= 15 is 0 Å². The van der Waals surface area contributed by atoms with Crippen LogP contribution in [0.1, 0.15) is 23.2 Å². The molecule has 2 rings (SSSR count). The molecule has 0 radical (unpaired) electrons. The lowest BCUT2D eigenvalue weighted by molar-refractivity contribution is -0.186. The Morgan fingerprint density at radius 2 is 2.18 bits per heavy atom. The molecule has 1 aromatic carbocycles. The minimum absolute atomic E-state index is 0.174. The van der Waals surface area contributed by atoms with Crippen LogP contribution in [0, 0.1) is 0 Å². The first-order valence-corrected chi connectivity index (χ1v) is 6.26. The number of benzene rings is 1. The first-order valence-electron chi connectivity index (χ1n) is 5.47. The van der Waals surface area contributed by atoms with Gasteiger partial charge in [-0.15, -0.1) is 0 Å². The average molecular weight is 300 g/mol. The van der Waals surface area contributed by atoms with Gasteiger partial charge in [0.05, 0.1) is 7.11 Å². The maximum absolute atomic E-state index is 12.2. The van der Waals surface area contributed by atoms with Crippen LogP contribution in [0.25, 0.3) is 0 Å². The molecule has 1 amide bonds. The Labute approximate surface area is 109 Å². The third-order valence-corrected chi connectivity index (χ3v) is 3.18. The molecular formula is C12H14BrNO3. The Morgan fingerprint density at radius 3 is 2.71 bits per heavy atom. The van der Waals surface area contributed by atoms with Crippen molar-refractivity contribution in [3.63, 3.8) is 0 Å². The molecule has 17 heavy (non-hydrogen) atoms. The van der Waals surface area contributed by atoms with E-state index in [0.717, 1.165) is 17.3 Å². The highest BCUT2D eigenvalue weighted by atomic mass is 79.9. The van der Waals surface area contributed by atoms with E-state index in [9.17, 15) is 4.79 Å². The first-order chi connectivity index (χ1) is 8.22. The van der Waals surface area contributed by atoms with Gasteiger partial charge in [-0.25, -0.2) is 0 Å². The van der Waals surface area contributed by atoms with Gasteiger partial charge in [0.2, 0.25) is 0 Å². The minimum Gasteiger partial charge on any atom is -0.356 e. The SMILES string of the molecule is CON(C(=O)c1ccc(Br)cc1)C1CCCO1. The summed E-state index contributed by atoms with van der Waals surface area (Å²) in [7, 11) is 1.48. The summed E-state index contributed by atoms with van der Waals surface area (Å²) in [6, 6.07) is 7.17. The van der Waals surface area contributed by atoms with Crippen molar-refractivity contribution in [2.45, 2.75) is 19.1 Å². The molecular weight excluding hydrogens is 286 g/mol. The minimum atomic E-state index is -0.267. The second kappa shape index (κ2) is 5.62. The zero-order valence-electron chi connectivity index (χ0n) is 9.56. The normalized spacial score (nSPS) is 19.3. The molecule has 0 N–H and O–H groups in total. The largest absolute Gasteiger partial charge is 0.356 e. The van der Waals surface area contributed by atoms with E-state index < -0.39 is 0 Å². The van der Waals surface area contributed by atoms with Crippen molar-refractivity contribution >= 4 is 21.8 Å². The molecule has 1 saturated heterocycles.